The first-order valence-electron chi connectivity index (χ1n) is 7.27. The first-order valence-corrected chi connectivity index (χ1v) is 7.27. The fraction of sp³-hybridized carbons (Fsp3) is 0.533. The van der Waals surface area contributed by atoms with Gasteiger partial charge in [0.25, 0.3) is 0 Å². The number of nitrogens with one attached hydrogen (secondary N) is 1. The van der Waals surface area contributed by atoms with Crippen molar-refractivity contribution >= 4 is 0 Å². The largest absolute Gasteiger partial charge is 0.497 e. The van der Waals surface area contributed by atoms with Gasteiger partial charge in [0.15, 0.2) is 5.82 Å². The third kappa shape index (κ3) is 4.82. The van der Waals surface area contributed by atoms with Gasteiger partial charge in [-0.25, -0.2) is 4.68 Å². The Kier molecular flexibility index (Phi) is 5.68. The Balaban J connectivity index is 1.86. The van der Waals surface area contributed by atoms with Gasteiger partial charge in [-0.3, -0.25) is 0 Å². The summed E-state index contributed by atoms with van der Waals surface area (Å²) in [5, 5.41) is 15.2. The minimum Gasteiger partial charge on any atom is -0.497 e. The molecule has 0 spiro atoms. The van der Waals surface area contributed by atoms with Gasteiger partial charge in [0.2, 0.25) is 0 Å². The number of benzene rings is 1. The standard InChI is InChI=1S/C15H23N5O/c1-12(2)10-16-11-15-17-18-19-20(15)9-8-13-4-6-14(21-3)7-5-13/h4-7,12,16H,8-11H2,1-3H3. The van der Waals surface area contributed by atoms with Crippen molar-refractivity contribution in [2.75, 3.05) is 13.7 Å². The summed E-state index contributed by atoms with van der Waals surface area (Å²) in [6.07, 6.45) is 0.895. The molecule has 6 nitrogen and oxygen atoms in total. The highest BCUT2D eigenvalue weighted by Crippen LogP contribution is 2.12. The zero-order chi connectivity index (χ0) is 15.1. The van der Waals surface area contributed by atoms with Crippen molar-refractivity contribution in [3.05, 3.63) is 35.7 Å². The average molecular weight is 289 g/mol. The molecule has 6 heteroatoms. The molecule has 114 valence electrons. The molecule has 1 aromatic heterocycles. The van der Waals surface area contributed by atoms with E-state index in [1.165, 1.54) is 5.56 Å². The molecule has 0 amide bonds. The zero-order valence-corrected chi connectivity index (χ0v) is 12.9. The molecule has 21 heavy (non-hydrogen) atoms. The van der Waals surface area contributed by atoms with Crippen LogP contribution in [-0.4, -0.2) is 33.9 Å². The molecule has 1 heterocycles. The minimum absolute atomic E-state index is 0.619. The second-order valence-electron chi connectivity index (χ2n) is 5.44. The normalized spacial score (nSPS) is 11.0. The maximum absolute atomic E-state index is 5.16. The summed E-state index contributed by atoms with van der Waals surface area (Å²) in [5.74, 6) is 2.37. The van der Waals surface area contributed by atoms with E-state index in [4.69, 9.17) is 4.74 Å². The van der Waals surface area contributed by atoms with Crippen molar-refractivity contribution in [1.29, 1.82) is 0 Å². The Hall–Kier alpha value is -1.95. The monoisotopic (exact) mass is 289 g/mol. The Morgan fingerprint density at radius 2 is 2.00 bits per heavy atom. The summed E-state index contributed by atoms with van der Waals surface area (Å²) in [5.41, 5.74) is 1.24. The zero-order valence-electron chi connectivity index (χ0n) is 12.9. The molecular formula is C15H23N5O. The van der Waals surface area contributed by atoms with Crippen molar-refractivity contribution < 1.29 is 4.74 Å². The molecule has 0 saturated heterocycles. The van der Waals surface area contributed by atoms with Gasteiger partial charge in [-0.15, -0.1) is 5.10 Å². The molecule has 0 aliphatic carbocycles. The van der Waals surface area contributed by atoms with Gasteiger partial charge in [-0.05, 0) is 47.0 Å². The van der Waals surface area contributed by atoms with Crippen molar-refractivity contribution in [2.45, 2.75) is 33.4 Å². The van der Waals surface area contributed by atoms with E-state index in [1.54, 1.807) is 7.11 Å². The van der Waals surface area contributed by atoms with E-state index in [9.17, 15) is 0 Å². The van der Waals surface area contributed by atoms with Crippen LogP contribution >= 0.6 is 0 Å². The molecule has 0 aliphatic rings. The number of nitrogens with zero attached hydrogens (tertiary/aromatic N) is 4. The van der Waals surface area contributed by atoms with Crippen LogP contribution in [0.3, 0.4) is 0 Å². The summed E-state index contributed by atoms with van der Waals surface area (Å²) in [4.78, 5) is 0. The Labute approximate surface area is 125 Å². The summed E-state index contributed by atoms with van der Waals surface area (Å²) in [6, 6.07) is 8.08. The Morgan fingerprint density at radius 1 is 1.24 bits per heavy atom. The minimum atomic E-state index is 0.619. The lowest BCUT2D eigenvalue weighted by atomic mass is 10.1. The molecule has 0 atom stereocenters. The quantitative estimate of drug-likeness (QED) is 0.801. The van der Waals surface area contributed by atoms with Gasteiger partial charge in [-0.1, -0.05) is 26.0 Å². The molecule has 0 unspecified atom stereocenters. The van der Waals surface area contributed by atoms with E-state index in [1.807, 2.05) is 16.8 Å². The van der Waals surface area contributed by atoms with E-state index >= 15 is 0 Å². The van der Waals surface area contributed by atoms with Gasteiger partial charge >= 0.3 is 0 Å². The third-order valence-electron chi connectivity index (χ3n) is 3.21. The highest BCUT2D eigenvalue weighted by molar-refractivity contribution is 5.27. The van der Waals surface area contributed by atoms with Crippen LogP contribution in [0, 0.1) is 5.92 Å². The van der Waals surface area contributed by atoms with Gasteiger partial charge in [0.1, 0.15) is 5.75 Å². The second kappa shape index (κ2) is 7.73. The van der Waals surface area contributed by atoms with E-state index in [0.29, 0.717) is 12.5 Å². The third-order valence-corrected chi connectivity index (χ3v) is 3.21. The van der Waals surface area contributed by atoms with Crippen LogP contribution in [0.2, 0.25) is 0 Å². The number of aromatic nitrogens is 4. The van der Waals surface area contributed by atoms with Crippen molar-refractivity contribution in [1.82, 2.24) is 25.5 Å². The fourth-order valence-corrected chi connectivity index (χ4v) is 2.02. The average Bonchev–Trinajstić information content (AvgIpc) is 2.93. The summed E-state index contributed by atoms with van der Waals surface area (Å²) >= 11 is 0. The topological polar surface area (TPSA) is 64.9 Å². The number of tetrazole rings is 1. The second-order valence-corrected chi connectivity index (χ2v) is 5.44. The molecule has 1 N–H and O–H groups in total. The lowest BCUT2D eigenvalue weighted by Gasteiger charge is -2.08. The Morgan fingerprint density at radius 3 is 2.67 bits per heavy atom. The number of hydrogen-bond acceptors (Lipinski definition) is 5. The smallest absolute Gasteiger partial charge is 0.165 e. The predicted octanol–water partition coefficient (Wildman–Crippen LogP) is 1.67. The number of rotatable bonds is 8. The summed E-state index contributed by atoms with van der Waals surface area (Å²) < 4.78 is 7.02. The molecule has 2 aromatic rings. The van der Waals surface area contributed by atoms with Crippen molar-refractivity contribution in [3.8, 4) is 5.75 Å². The van der Waals surface area contributed by atoms with Crippen LogP contribution in [0.15, 0.2) is 24.3 Å². The fourth-order valence-electron chi connectivity index (χ4n) is 2.02. The van der Waals surface area contributed by atoms with E-state index in [0.717, 1.165) is 31.1 Å². The molecule has 0 aliphatic heterocycles. The van der Waals surface area contributed by atoms with Gasteiger partial charge in [0.05, 0.1) is 13.7 Å². The van der Waals surface area contributed by atoms with Gasteiger partial charge < -0.3 is 10.1 Å². The lowest BCUT2D eigenvalue weighted by molar-refractivity contribution is 0.414. The molecule has 0 bridgehead atoms. The highest BCUT2D eigenvalue weighted by Gasteiger charge is 2.06. The first kappa shape index (κ1) is 15.4. The van der Waals surface area contributed by atoms with Crippen LogP contribution in [-0.2, 0) is 19.5 Å². The lowest BCUT2D eigenvalue weighted by Crippen LogP contribution is -2.22. The van der Waals surface area contributed by atoms with Crippen LogP contribution in [0.4, 0.5) is 0 Å². The molecule has 2 rings (SSSR count). The molecular weight excluding hydrogens is 266 g/mol. The van der Waals surface area contributed by atoms with Crippen LogP contribution < -0.4 is 10.1 Å². The number of hydrogen-bond donors (Lipinski definition) is 1. The number of methoxy groups -OCH3 is 1. The Bertz CT molecular complexity index is 535. The summed E-state index contributed by atoms with van der Waals surface area (Å²) in [7, 11) is 1.67. The van der Waals surface area contributed by atoms with Gasteiger partial charge in [0, 0.05) is 6.54 Å². The highest BCUT2D eigenvalue weighted by atomic mass is 16.5. The van der Waals surface area contributed by atoms with E-state index in [2.05, 4.69) is 46.8 Å². The summed E-state index contributed by atoms with van der Waals surface area (Å²) in [6.45, 7) is 6.80. The van der Waals surface area contributed by atoms with Gasteiger partial charge in [-0.2, -0.15) is 0 Å². The predicted molar refractivity (Wildman–Crippen MR) is 81.1 cm³/mol. The maximum atomic E-state index is 5.16. The van der Waals surface area contributed by atoms with Crippen LogP contribution in [0.25, 0.3) is 0 Å². The number of aryl methyl sites for hydroxylation is 2. The van der Waals surface area contributed by atoms with Crippen molar-refractivity contribution in [3.63, 3.8) is 0 Å². The van der Waals surface area contributed by atoms with Crippen molar-refractivity contribution in [2.24, 2.45) is 5.92 Å². The molecule has 0 radical (unpaired) electrons. The van der Waals surface area contributed by atoms with E-state index < -0.39 is 0 Å². The molecule has 0 saturated carbocycles. The molecule has 0 fully saturated rings. The van der Waals surface area contributed by atoms with Crippen LogP contribution in [0.5, 0.6) is 5.75 Å². The SMILES string of the molecule is COc1ccc(CCn2nnnc2CNCC(C)C)cc1. The van der Waals surface area contributed by atoms with E-state index in [-0.39, 0.29) is 0 Å². The maximum Gasteiger partial charge on any atom is 0.165 e. The molecule has 1 aromatic carbocycles. The number of ether oxygens (including phenoxy) is 1. The first-order chi connectivity index (χ1) is 10.2. The van der Waals surface area contributed by atoms with Crippen LogP contribution in [0.1, 0.15) is 25.2 Å².